The lowest BCUT2D eigenvalue weighted by molar-refractivity contribution is -0.136. The van der Waals surface area contributed by atoms with Crippen LogP contribution in [0.15, 0.2) is 18.6 Å². The summed E-state index contributed by atoms with van der Waals surface area (Å²) in [5.74, 6) is -0.923. The number of hydrogen-bond acceptors (Lipinski definition) is 4. The van der Waals surface area contributed by atoms with E-state index in [0.717, 1.165) is 5.69 Å². The van der Waals surface area contributed by atoms with Gasteiger partial charge in [-0.05, 0) is 0 Å². The Hall–Kier alpha value is -2.18. The van der Waals surface area contributed by atoms with E-state index in [1.165, 1.54) is 4.68 Å². The molecule has 7 heteroatoms. The summed E-state index contributed by atoms with van der Waals surface area (Å²) < 4.78 is 3.12. The molecule has 0 aliphatic heterocycles. The van der Waals surface area contributed by atoms with E-state index >= 15 is 0 Å². The maximum atomic E-state index is 10.4. The molecular formula is C8H9N5O2. The summed E-state index contributed by atoms with van der Waals surface area (Å²) in [5.41, 5.74) is 1.17. The van der Waals surface area contributed by atoms with Gasteiger partial charge in [-0.3, -0.25) is 9.48 Å². The molecule has 0 aliphatic carbocycles. The maximum absolute atomic E-state index is 10.4. The summed E-state index contributed by atoms with van der Waals surface area (Å²) in [6, 6.07) is 0. The molecule has 2 aromatic heterocycles. The predicted molar refractivity (Wildman–Crippen MR) is 49.5 cm³/mol. The standard InChI is InChI=1S/C8H9N5O2/c1-12-5-7(3-9-12)13-4-6(10-11-13)2-8(14)15/h3-5H,2H2,1H3,(H,14,15). The van der Waals surface area contributed by atoms with Crippen molar-refractivity contribution >= 4 is 5.97 Å². The van der Waals surface area contributed by atoms with Gasteiger partial charge in [-0.2, -0.15) is 5.10 Å². The molecule has 7 nitrogen and oxygen atoms in total. The molecule has 15 heavy (non-hydrogen) atoms. The lowest BCUT2D eigenvalue weighted by Gasteiger charge is -1.91. The maximum Gasteiger partial charge on any atom is 0.309 e. The number of aryl methyl sites for hydroxylation is 1. The summed E-state index contributed by atoms with van der Waals surface area (Å²) in [4.78, 5) is 10.4. The molecule has 78 valence electrons. The lowest BCUT2D eigenvalue weighted by Crippen LogP contribution is -1.99. The monoisotopic (exact) mass is 207 g/mol. The zero-order valence-corrected chi connectivity index (χ0v) is 8.03. The van der Waals surface area contributed by atoms with E-state index in [0.29, 0.717) is 5.69 Å². The van der Waals surface area contributed by atoms with E-state index < -0.39 is 5.97 Å². The molecular weight excluding hydrogens is 198 g/mol. The van der Waals surface area contributed by atoms with Crippen LogP contribution in [0.25, 0.3) is 5.69 Å². The zero-order valence-electron chi connectivity index (χ0n) is 8.03. The normalized spacial score (nSPS) is 10.5. The first kappa shape index (κ1) is 9.38. The van der Waals surface area contributed by atoms with Gasteiger partial charge < -0.3 is 5.11 Å². The van der Waals surface area contributed by atoms with Crippen molar-refractivity contribution in [1.29, 1.82) is 0 Å². The van der Waals surface area contributed by atoms with E-state index in [-0.39, 0.29) is 6.42 Å². The second kappa shape index (κ2) is 3.52. The Labute approximate surface area is 84.9 Å². The quantitative estimate of drug-likeness (QED) is 0.742. The van der Waals surface area contributed by atoms with Crippen LogP contribution in [0.5, 0.6) is 0 Å². The van der Waals surface area contributed by atoms with Crippen molar-refractivity contribution in [2.24, 2.45) is 7.05 Å². The van der Waals surface area contributed by atoms with Crippen LogP contribution in [-0.2, 0) is 18.3 Å². The second-order valence-electron chi connectivity index (χ2n) is 3.10. The predicted octanol–water partition coefficient (Wildman–Crippen LogP) is -0.372. The Bertz CT molecular complexity index is 487. The fraction of sp³-hybridized carbons (Fsp3) is 0.250. The highest BCUT2D eigenvalue weighted by atomic mass is 16.4. The van der Waals surface area contributed by atoms with E-state index in [2.05, 4.69) is 15.4 Å². The van der Waals surface area contributed by atoms with Crippen LogP contribution >= 0.6 is 0 Å². The van der Waals surface area contributed by atoms with Gasteiger partial charge in [0.1, 0.15) is 5.69 Å². The van der Waals surface area contributed by atoms with Crippen LogP contribution in [0, 0.1) is 0 Å². The summed E-state index contributed by atoms with van der Waals surface area (Å²) in [6.45, 7) is 0. The average molecular weight is 207 g/mol. The molecule has 1 N–H and O–H groups in total. The van der Waals surface area contributed by atoms with Gasteiger partial charge in [0.05, 0.1) is 30.7 Å². The molecule has 2 heterocycles. The molecule has 0 amide bonds. The van der Waals surface area contributed by atoms with Gasteiger partial charge in [0.2, 0.25) is 0 Å². The first-order valence-electron chi connectivity index (χ1n) is 4.27. The molecule has 0 saturated heterocycles. The number of nitrogens with zero attached hydrogens (tertiary/aromatic N) is 5. The summed E-state index contributed by atoms with van der Waals surface area (Å²) in [5, 5.41) is 20.1. The van der Waals surface area contributed by atoms with Crippen LogP contribution < -0.4 is 0 Å². The van der Waals surface area contributed by atoms with Gasteiger partial charge in [-0.1, -0.05) is 5.21 Å². The number of carbonyl (C=O) groups is 1. The fourth-order valence-electron chi connectivity index (χ4n) is 1.19. The Balaban J connectivity index is 2.23. The molecule has 0 unspecified atom stereocenters. The van der Waals surface area contributed by atoms with Crippen molar-refractivity contribution in [3.05, 3.63) is 24.3 Å². The molecule has 0 aromatic carbocycles. The lowest BCUT2D eigenvalue weighted by atomic mass is 10.3. The second-order valence-corrected chi connectivity index (χ2v) is 3.10. The summed E-state index contributed by atoms with van der Waals surface area (Å²) in [7, 11) is 1.79. The zero-order chi connectivity index (χ0) is 10.8. The molecule has 0 spiro atoms. The van der Waals surface area contributed by atoms with Gasteiger partial charge in [-0.15, -0.1) is 5.10 Å². The summed E-state index contributed by atoms with van der Waals surface area (Å²) >= 11 is 0. The molecule has 2 aromatic rings. The van der Waals surface area contributed by atoms with E-state index in [1.807, 2.05) is 0 Å². The highest BCUT2D eigenvalue weighted by Crippen LogP contribution is 2.04. The molecule has 0 saturated carbocycles. The smallest absolute Gasteiger partial charge is 0.309 e. The molecule has 0 fully saturated rings. The fourth-order valence-corrected chi connectivity index (χ4v) is 1.19. The number of rotatable bonds is 3. The van der Waals surface area contributed by atoms with Crippen LogP contribution in [0.3, 0.4) is 0 Å². The van der Waals surface area contributed by atoms with Crippen molar-refractivity contribution in [1.82, 2.24) is 24.8 Å². The van der Waals surface area contributed by atoms with Crippen molar-refractivity contribution < 1.29 is 9.90 Å². The van der Waals surface area contributed by atoms with E-state index in [4.69, 9.17) is 5.11 Å². The van der Waals surface area contributed by atoms with Crippen molar-refractivity contribution in [2.45, 2.75) is 6.42 Å². The SMILES string of the molecule is Cn1cc(-n2cc(CC(=O)O)nn2)cn1. The number of aromatic nitrogens is 5. The molecule has 0 atom stereocenters. The van der Waals surface area contributed by atoms with Gasteiger partial charge >= 0.3 is 5.97 Å². The first-order chi connectivity index (χ1) is 7.15. The van der Waals surface area contributed by atoms with E-state index in [9.17, 15) is 4.79 Å². The highest BCUT2D eigenvalue weighted by molar-refractivity contribution is 5.69. The van der Waals surface area contributed by atoms with Crippen molar-refractivity contribution in [3.8, 4) is 5.69 Å². The third kappa shape index (κ3) is 2.01. The number of aliphatic carboxylic acids is 1. The minimum Gasteiger partial charge on any atom is -0.481 e. The van der Waals surface area contributed by atoms with Crippen LogP contribution in [0.2, 0.25) is 0 Å². The third-order valence-electron chi connectivity index (χ3n) is 1.83. The van der Waals surface area contributed by atoms with E-state index in [1.54, 1.807) is 30.3 Å². The van der Waals surface area contributed by atoms with Crippen molar-refractivity contribution in [2.75, 3.05) is 0 Å². The van der Waals surface area contributed by atoms with Crippen LogP contribution in [0.4, 0.5) is 0 Å². The van der Waals surface area contributed by atoms with Gasteiger partial charge in [0.15, 0.2) is 0 Å². The van der Waals surface area contributed by atoms with Crippen LogP contribution in [-0.4, -0.2) is 35.9 Å². The number of carboxylic acid groups (broad SMARTS) is 1. The Morgan fingerprint density at radius 1 is 1.53 bits per heavy atom. The third-order valence-corrected chi connectivity index (χ3v) is 1.83. The largest absolute Gasteiger partial charge is 0.481 e. The minimum atomic E-state index is -0.923. The number of carboxylic acids is 1. The van der Waals surface area contributed by atoms with Crippen molar-refractivity contribution in [3.63, 3.8) is 0 Å². The topological polar surface area (TPSA) is 85.8 Å². The first-order valence-corrected chi connectivity index (χ1v) is 4.27. The Morgan fingerprint density at radius 2 is 2.33 bits per heavy atom. The molecule has 0 radical (unpaired) electrons. The Kier molecular flexibility index (Phi) is 2.20. The number of hydrogen-bond donors (Lipinski definition) is 1. The molecule has 0 bridgehead atoms. The highest BCUT2D eigenvalue weighted by Gasteiger charge is 2.07. The Morgan fingerprint density at radius 3 is 2.93 bits per heavy atom. The average Bonchev–Trinajstić information content (AvgIpc) is 2.72. The van der Waals surface area contributed by atoms with Gasteiger partial charge in [0, 0.05) is 7.05 Å². The molecule has 2 rings (SSSR count). The van der Waals surface area contributed by atoms with Gasteiger partial charge in [0.25, 0.3) is 0 Å². The van der Waals surface area contributed by atoms with Crippen LogP contribution in [0.1, 0.15) is 5.69 Å². The van der Waals surface area contributed by atoms with Gasteiger partial charge in [-0.25, -0.2) is 4.68 Å². The minimum absolute atomic E-state index is 0.125. The molecule has 0 aliphatic rings. The summed E-state index contributed by atoms with van der Waals surface area (Å²) in [6.07, 6.45) is 4.84.